The topological polar surface area (TPSA) is 43.1 Å². The summed E-state index contributed by atoms with van der Waals surface area (Å²) >= 11 is 3.27. The molecule has 2 rings (SSSR count). The smallest absolute Gasteiger partial charge is 0.139 e. The average molecular weight is 300 g/mol. The quantitative estimate of drug-likeness (QED) is 0.929. The van der Waals surface area contributed by atoms with Crippen molar-refractivity contribution in [2.75, 3.05) is 0 Å². The number of nitrogens with two attached hydrogens (primary N) is 1. The fourth-order valence-electron chi connectivity index (χ4n) is 2.15. The van der Waals surface area contributed by atoms with Gasteiger partial charge in [0, 0.05) is 22.9 Å². The highest BCUT2D eigenvalue weighted by Crippen LogP contribution is 2.32. The van der Waals surface area contributed by atoms with Crippen molar-refractivity contribution in [3.05, 3.63) is 34.1 Å². The number of halogens is 2. The summed E-state index contributed by atoms with van der Waals surface area (Å²) in [6.45, 7) is 0. The van der Waals surface area contributed by atoms with Crippen molar-refractivity contribution < 1.29 is 9.18 Å². The summed E-state index contributed by atoms with van der Waals surface area (Å²) in [5.74, 6) is -0.314. The van der Waals surface area contributed by atoms with Gasteiger partial charge < -0.3 is 5.73 Å². The predicted octanol–water partition coefficient (Wildman–Crippen LogP) is 2.97. The van der Waals surface area contributed by atoms with Crippen LogP contribution >= 0.6 is 15.9 Å². The van der Waals surface area contributed by atoms with Crippen molar-refractivity contribution in [3.8, 4) is 0 Å². The molecule has 1 saturated carbocycles. The average Bonchev–Trinajstić information content (AvgIpc) is 2.21. The van der Waals surface area contributed by atoms with E-state index in [1.165, 1.54) is 6.07 Å². The second-order valence-corrected chi connectivity index (χ2v) is 5.76. The van der Waals surface area contributed by atoms with Gasteiger partial charge in [-0.3, -0.25) is 4.79 Å². The molecular formula is C13H15BrFNO. The third kappa shape index (κ3) is 3.13. The van der Waals surface area contributed by atoms with Crippen molar-refractivity contribution in [1.29, 1.82) is 0 Å². The Morgan fingerprint density at radius 2 is 2.18 bits per heavy atom. The minimum atomic E-state index is -0.332. The molecule has 0 radical (unpaired) electrons. The van der Waals surface area contributed by atoms with Crippen LogP contribution in [0.5, 0.6) is 0 Å². The minimum absolute atomic E-state index is 0.0178. The molecule has 2 N–H and O–H groups in total. The number of carbonyl (C=O) groups excluding carboxylic acids is 1. The van der Waals surface area contributed by atoms with E-state index < -0.39 is 0 Å². The van der Waals surface area contributed by atoms with Gasteiger partial charge in [0.05, 0.1) is 0 Å². The second kappa shape index (κ2) is 4.86. The van der Waals surface area contributed by atoms with E-state index in [2.05, 4.69) is 15.9 Å². The van der Waals surface area contributed by atoms with Crippen molar-refractivity contribution in [1.82, 2.24) is 0 Å². The second-order valence-electron chi connectivity index (χ2n) is 4.84. The summed E-state index contributed by atoms with van der Waals surface area (Å²) in [7, 11) is 0. The maximum absolute atomic E-state index is 13.5. The molecule has 92 valence electrons. The Bertz CT molecular complexity index is 443. The first-order valence-electron chi connectivity index (χ1n) is 5.73. The molecule has 1 aromatic carbocycles. The Kier molecular flexibility index (Phi) is 3.64. The van der Waals surface area contributed by atoms with Gasteiger partial charge in [0.2, 0.25) is 0 Å². The molecule has 0 spiro atoms. The van der Waals surface area contributed by atoms with Gasteiger partial charge in [-0.2, -0.15) is 0 Å². The van der Waals surface area contributed by atoms with Gasteiger partial charge in [-0.25, -0.2) is 4.39 Å². The first-order valence-corrected chi connectivity index (χ1v) is 6.52. The molecule has 0 amide bonds. The van der Waals surface area contributed by atoms with Crippen LogP contribution in [-0.2, 0) is 11.2 Å². The monoisotopic (exact) mass is 299 g/mol. The van der Waals surface area contributed by atoms with E-state index in [4.69, 9.17) is 5.73 Å². The zero-order valence-electron chi connectivity index (χ0n) is 9.51. The number of hydrogen-bond acceptors (Lipinski definition) is 2. The van der Waals surface area contributed by atoms with Crippen LogP contribution in [0.15, 0.2) is 22.7 Å². The Morgan fingerprint density at radius 1 is 1.47 bits per heavy atom. The molecule has 1 aliphatic carbocycles. The normalized spacial score (nSPS) is 17.6. The molecule has 0 aliphatic heterocycles. The molecule has 0 aromatic heterocycles. The summed E-state index contributed by atoms with van der Waals surface area (Å²) in [4.78, 5) is 11.8. The molecule has 0 saturated heterocycles. The van der Waals surface area contributed by atoms with E-state index in [0.717, 1.165) is 23.7 Å². The van der Waals surface area contributed by atoms with E-state index in [0.29, 0.717) is 12.0 Å². The molecule has 17 heavy (non-hydrogen) atoms. The lowest BCUT2D eigenvalue weighted by Crippen LogP contribution is -2.48. The van der Waals surface area contributed by atoms with Crippen LogP contribution in [-0.4, -0.2) is 11.3 Å². The Hall–Kier alpha value is -0.740. The number of ketones is 1. The van der Waals surface area contributed by atoms with Gasteiger partial charge >= 0.3 is 0 Å². The molecule has 1 aromatic rings. The maximum Gasteiger partial charge on any atom is 0.139 e. The van der Waals surface area contributed by atoms with E-state index >= 15 is 0 Å². The lowest BCUT2D eigenvalue weighted by atomic mass is 9.74. The Morgan fingerprint density at radius 3 is 2.76 bits per heavy atom. The molecular weight excluding hydrogens is 285 g/mol. The highest BCUT2D eigenvalue weighted by molar-refractivity contribution is 9.10. The van der Waals surface area contributed by atoms with Crippen LogP contribution in [0.25, 0.3) is 0 Å². The lowest BCUT2D eigenvalue weighted by Gasteiger charge is -2.37. The SMILES string of the molecule is NC1(CC(=O)Cc2cc(Br)ccc2F)CCC1. The van der Waals surface area contributed by atoms with Crippen molar-refractivity contribution >= 4 is 21.7 Å². The van der Waals surface area contributed by atoms with Gasteiger partial charge in [-0.1, -0.05) is 15.9 Å². The standard InChI is InChI=1S/C13H15BrFNO/c14-10-2-3-12(15)9(6-10)7-11(17)8-13(16)4-1-5-13/h2-3,6H,1,4-5,7-8,16H2. The zero-order chi connectivity index (χ0) is 12.5. The van der Waals surface area contributed by atoms with Crippen molar-refractivity contribution in [2.24, 2.45) is 5.73 Å². The predicted molar refractivity (Wildman–Crippen MR) is 68.2 cm³/mol. The Balaban J connectivity index is 2.00. The van der Waals surface area contributed by atoms with Crippen molar-refractivity contribution in [3.63, 3.8) is 0 Å². The summed E-state index contributed by atoms with van der Waals surface area (Å²) in [5, 5.41) is 0. The van der Waals surface area contributed by atoms with Crippen LogP contribution in [0.1, 0.15) is 31.2 Å². The molecule has 4 heteroatoms. The number of Topliss-reactive ketones (excluding diaryl/α,β-unsaturated/α-hetero) is 1. The largest absolute Gasteiger partial charge is 0.325 e. The molecule has 1 aliphatic rings. The highest BCUT2D eigenvalue weighted by Gasteiger charge is 2.34. The first-order chi connectivity index (χ1) is 7.98. The third-order valence-corrected chi connectivity index (χ3v) is 3.79. The third-order valence-electron chi connectivity index (χ3n) is 3.29. The number of benzene rings is 1. The fourth-order valence-corrected chi connectivity index (χ4v) is 2.56. The minimum Gasteiger partial charge on any atom is -0.325 e. The number of hydrogen-bond donors (Lipinski definition) is 1. The lowest BCUT2D eigenvalue weighted by molar-refractivity contribution is -0.120. The molecule has 0 unspecified atom stereocenters. The zero-order valence-corrected chi connectivity index (χ0v) is 11.1. The molecule has 0 atom stereocenters. The highest BCUT2D eigenvalue weighted by atomic mass is 79.9. The molecule has 1 fully saturated rings. The van der Waals surface area contributed by atoms with Crippen LogP contribution in [0.3, 0.4) is 0 Å². The van der Waals surface area contributed by atoms with Gasteiger partial charge in [-0.15, -0.1) is 0 Å². The van der Waals surface area contributed by atoms with Gasteiger partial charge in [-0.05, 0) is 43.0 Å². The van der Waals surface area contributed by atoms with Crippen LogP contribution in [0.4, 0.5) is 4.39 Å². The van der Waals surface area contributed by atoms with Crippen LogP contribution in [0, 0.1) is 5.82 Å². The first kappa shape index (κ1) is 12.7. The van der Waals surface area contributed by atoms with Crippen LogP contribution < -0.4 is 5.73 Å². The van der Waals surface area contributed by atoms with E-state index in [-0.39, 0.29) is 23.6 Å². The maximum atomic E-state index is 13.5. The van der Waals surface area contributed by atoms with Gasteiger partial charge in [0.15, 0.2) is 0 Å². The summed E-state index contributed by atoms with van der Waals surface area (Å²) in [6, 6.07) is 4.64. The summed E-state index contributed by atoms with van der Waals surface area (Å²) in [5.41, 5.74) is 6.12. The Labute approximate surface area is 109 Å². The number of rotatable bonds is 4. The summed E-state index contributed by atoms with van der Waals surface area (Å²) < 4.78 is 14.2. The van der Waals surface area contributed by atoms with Crippen molar-refractivity contribution in [2.45, 2.75) is 37.6 Å². The fraction of sp³-hybridized carbons (Fsp3) is 0.462. The molecule has 0 heterocycles. The summed E-state index contributed by atoms with van der Waals surface area (Å²) in [6.07, 6.45) is 3.39. The van der Waals surface area contributed by atoms with Crippen LogP contribution in [0.2, 0.25) is 0 Å². The van der Waals surface area contributed by atoms with Gasteiger partial charge in [0.1, 0.15) is 11.6 Å². The van der Waals surface area contributed by atoms with E-state index in [9.17, 15) is 9.18 Å². The number of carbonyl (C=O) groups is 1. The van der Waals surface area contributed by atoms with E-state index in [1.54, 1.807) is 12.1 Å². The van der Waals surface area contributed by atoms with E-state index in [1.807, 2.05) is 0 Å². The van der Waals surface area contributed by atoms with Gasteiger partial charge in [0.25, 0.3) is 0 Å². The molecule has 0 bridgehead atoms. The molecule has 2 nitrogen and oxygen atoms in total.